The maximum absolute atomic E-state index is 14.5. The zero-order valence-electron chi connectivity index (χ0n) is 10.9. The number of carboxylic acid groups (broad SMARTS) is 1. The molecule has 98 valence electrons. The average Bonchev–Trinajstić information content (AvgIpc) is 2.27. The molecule has 0 spiro atoms. The van der Waals surface area contributed by atoms with Crippen LogP contribution in [0.4, 0.5) is 4.39 Å². The molecule has 1 aliphatic rings. The van der Waals surface area contributed by atoms with E-state index in [1.54, 1.807) is 19.9 Å². The maximum Gasteiger partial charge on any atom is 0.304 e. The van der Waals surface area contributed by atoms with Crippen LogP contribution in [0.1, 0.15) is 49.8 Å². The van der Waals surface area contributed by atoms with Gasteiger partial charge in [0.15, 0.2) is 0 Å². The van der Waals surface area contributed by atoms with Crippen molar-refractivity contribution >= 4 is 5.97 Å². The smallest absolute Gasteiger partial charge is 0.304 e. The molecule has 1 aromatic carbocycles. The third-order valence-corrected chi connectivity index (χ3v) is 3.79. The number of rotatable bonds is 3. The quantitative estimate of drug-likeness (QED) is 0.892. The second-order valence-corrected chi connectivity index (χ2v) is 5.73. The molecule has 3 heteroatoms. The Kier molecular flexibility index (Phi) is 3.42. The van der Waals surface area contributed by atoms with Gasteiger partial charge in [-0.3, -0.25) is 4.79 Å². The van der Waals surface area contributed by atoms with Gasteiger partial charge in [-0.05, 0) is 42.4 Å². The van der Waals surface area contributed by atoms with E-state index in [4.69, 9.17) is 5.11 Å². The van der Waals surface area contributed by atoms with Gasteiger partial charge in [-0.2, -0.15) is 0 Å². The topological polar surface area (TPSA) is 37.3 Å². The first-order chi connectivity index (χ1) is 8.42. The lowest BCUT2D eigenvalue weighted by atomic mass is 9.78. The molecular formula is C15H19FO2. The second kappa shape index (κ2) is 4.71. The fraction of sp³-hybridized carbons (Fsp3) is 0.533. The number of aliphatic carboxylic acids is 1. The number of aryl methyl sites for hydroxylation is 1. The molecule has 18 heavy (non-hydrogen) atoms. The number of carbonyl (C=O) groups is 1. The van der Waals surface area contributed by atoms with Crippen LogP contribution in [0.3, 0.4) is 0 Å². The lowest BCUT2D eigenvalue weighted by molar-refractivity contribution is -0.138. The first kappa shape index (κ1) is 13.1. The van der Waals surface area contributed by atoms with Gasteiger partial charge in [0.2, 0.25) is 0 Å². The van der Waals surface area contributed by atoms with Crippen LogP contribution in [-0.2, 0) is 23.1 Å². The van der Waals surface area contributed by atoms with Gasteiger partial charge in [0.05, 0.1) is 6.42 Å². The Morgan fingerprint density at radius 2 is 2.00 bits per heavy atom. The molecule has 0 atom stereocenters. The Balaban J connectivity index is 2.43. The van der Waals surface area contributed by atoms with Crippen molar-refractivity contribution in [3.05, 3.63) is 34.6 Å². The van der Waals surface area contributed by atoms with E-state index >= 15 is 0 Å². The van der Waals surface area contributed by atoms with Gasteiger partial charge < -0.3 is 5.11 Å². The second-order valence-electron chi connectivity index (χ2n) is 5.73. The van der Waals surface area contributed by atoms with Crippen molar-refractivity contribution in [3.63, 3.8) is 0 Å². The highest BCUT2D eigenvalue weighted by Gasteiger charge is 2.29. The van der Waals surface area contributed by atoms with E-state index in [0.717, 1.165) is 36.8 Å². The monoisotopic (exact) mass is 250 g/mol. The minimum absolute atomic E-state index is 0.0529. The lowest BCUT2D eigenvalue weighted by Gasteiger charge is -2.27. The van der Waals surface area contributed by atoms with E-state index in [0.29, 0.717) is 5.56 Å². The van der Waals surface area contributed by atoms with Crippen LogP contribution in [0.2, 0.25) is 0 Å². The summed E-state index contributed by atoms with van der Waals surface area (Å²) in [5.41, 5.74) is 1.76. The molecule has 2 rings (SSSR count). The van der Waals surface area contributed by atoms with Gasteiger partial charge in [0.25, 0.3) is 0 Å². The first-order valence-electron chi connectivity index (χ1n) is 6.44. The number of hydrogen-bond donors (Lipinski definition) is 1. The van der Waals surface area contributed by atoms with Crippen LogP contribution in [-0.4, -0.2) is 11.1 Å². The molecule has 0 radical (unpaired) electrons. The lowest BCUT2D eigenvalue weighted by Crippen LogP contribution is -2.24. The average molecular weight is 250 g/mol. The summed E-state index contributed by atoms with van der Waals surface area (Å²) in [5, 5.41) is 8.92. The molecule has 1 aromatic rings. The van der Waals surface area contributed by atoms with Gasteiger partial charge >= 0.3 is 5.97 Å². The molecular weight excluding hydrogens is 231 g/mol. The highest BCUT2D eigenvalue weighted by atomic mass is 19.1. The first-order valence-corrected chi connectivity index (χ1v) is 6.44. The van der Waals surface area contributed by atoms with Crippen LogP contribution in [0.15, 0.2) is 12.1 Å². The van der Waals surface area contributed by atoms with E-state index in [1.807, 2.05) is 6.07 Å². The van der Waals surface area contributed by atoms with Crippen molar-refractivity contribution in [3.8, 4) is 0 Å². The van der Waals surface area contributed by atoms with E-state index in [1.165, 1.54) is 0 Å². The Hall–Kier alpha value is -1.38. The van der Waals surface area contributed by atoms with Gasteiger partial charge in [-0.15, -0.1) is 0 Å². The molecule has 0 saturated carbocycles. The Labute approximate surface area is 107 Å². The van der Waals surface area contributed by atoms with Gasteiger partial charge in [0.1, 0.15) is 5.82 Å². The number of halogens is 1. The van der Waals surface area contributed by atoms with E-state index < -0.39 is 11.4 Å². The molecule has 2 nitrogen and oxygen atoms in total. The van der Waals surface area contributed by atoms with Gasteiger partial charge in [-0.1, -0.05) is 26.0 Å². The minimum Gasteiger partial charge on any atom is -0.481 e. The SMILES string of the molecule is CC(C)(CC(=O)O)c1ccc2c(c1F)CCCC2. The predicted octanol–water partition coefficient (Wildman–Crippen LogP) is 3.46. The minimum atomic E-state index is -0.892. The van der Waals surface area contributed by atoms with Crippen molar-refractivity contribution in [2.45, 2.75) is 51.4 Å². The Morgan fingerprint density at radius 1 is 1.33 bits per heavy atom. The van der Waals surface area contributed by atoms with Crippen LogP contribution in [0.25, 0.3) is 0 Å². The normalized spacial score (nSPS) is 15.3. The van der Waals surface area contributed by atoms with Crippen molar-refractivity contribution in [2.24, 2.45) is 0 Å². The molecule has 0 fully saturated rings. The molecule has 1 aliphatic carbocycles. The molecule has 0 aliphatic heterocycles. The highest BCUT2D eigenvalue weighted by molar-refractivity contribution is 5.69. The van der Waals surface area contributed by atoms with Crippen LogP contribution >= 0.6 is 0 Å². The van der Waals surface area contributed by atoms with Crippen molar-refractivity contribution in [1.29, 1.82) is 0 Å². The molecule has 1 N–H and O–H groups in total. The predicted molar refractivity (Wildman–Crippen MR) is 68.3 cm³/mol. The van der Waals surface area contributed by atoms with Crippen LogP contribution in [0.5, 0.6) is 0 Å². The summed E-state index contributed by atoms with van der Waals surface area (Å²) in [7, 11) is 0. The molecule has 0 heterocycles. The summed E-state index contributed by atoms with van der Waals surface area (Å²) in [4.78, 5) is 10.9. The molecule has 0 amide bonds. The Bertz CT molecular complexity index is 478. The van der Waals surface area contributed by atoms with E-state index in [2.05, 4.69) is 0 Å². The number of carboxylic acids is 1. The summed E-state index contributed by atoms with van der Waals surface area (Å²) in [6, 6.07) is 3.74. The number of fused-ring (bicyclic) bond motifs is 1. The largest absolute Gasteiger partial charge is 0.481 e. The van der Waals surface area contributed by atoms with Crippen LogP contribution in [0, 0.1) is 5.82 Å². The summed E-state index contributed by atoms with van der Waals surface area (Å²) in [6.45, 7) is 3.57. The summed E-state index contributed by atoms with van der Waals surface area (Å²) in [6.07, 6.45) is 3.80. The third-order valence-electron chi connectivity index (χ3n) is 3.79. The molecule has 0 saturated heterocycles. The van der Waals surface area contributed by atoms with Gasteiger partial charge in [0, 0.05) is 5.41 Å². The fourth-order valence-corrected chi connectivity index (χ4v) is 2.78. The van der Waals surface area contributed by atoms with Crippen molar-refractivity contribution < 1.29 is 14.3 Å². The van der Waals surface area contributed by atoms with Crippen LogP contribution < -0.4 is 0 Å². The summed E-state index contributed by atoms with van der Waals surface area (Å²) < 4.78 is 14.5. The van der Waals surface area contributed by atoms with E-state index in [-0.39, 0.29) is 12.2 Å². The highest BCUT2D eigenvalue weighted by Crippen LogP contribution is 2.34. The third kappa shape index (κ3) is 2.40. The number of hydrogen-bond acceptors (Lipinski definition) is 1. The fourth-order valence-electron chi connectivity index (χ4n) is 2.78. The summed E-state index contributed by atoms with van der Waals surface area (Å²) >= 11 is 0. The van der Waals surface area contributed by atoms with Gasteiger partial charge in [-0.25, -0.2) is 4.39 Å². The van der Waals surface area contributed by atoms with Crippen molar-refractivity contribution in [2.75, 3.05) is 0 Å². The van der Waals surface area contributed by atoms with Crippen molar-refractivity contribution in [1.82, 2.24) is 0 Å². The maximum atomic E-state index is 14.5. The molecule has 0 unspecified atom stereocenters. The Morgan fingerprint density at radius 3 is 2.67 bits per heavy atom. The standard InChI is InChI=1S/C15H19FO2/c1-15(2,9-13(17)18)12-8-7-10-5-3-4-6-11(10)14(12)16/h7-8H,3-6,9H2,1-2H3,(H,17,18). The molecule has 0 bridgehead atoms. The zero-order valence-corrected chi connectivity index (χ0v) is 10.9. The van der Waals surface area contributed by atoms with E-state index in [9.17, 15) is 9.18 Å². The molecule has 0 aromatic heterocycles. The number of benzene rings is 1. The zero-order chi connectivity index (χ0) is 13.3. The summed E-state index contributed by atoms with van der Waals surface area (Å²) in [5.74, 6) is -1.07.